The van der Waals surface area contributed by atoms with Crippen molar-refractivity contribution in [1.82, 2.24) is 4.90 Å². The van der Waals surface area contributed by atoms with Crippen LogP contribution in [0.3, 0.4) is 0 Å². The van der Waals surface area contributed by atoms with E-state index in [9.17, 15) is 4.79 Å². The van der Waals surface area contributed by atoms with Gasteiger partial charge in [0.1, 0.15) is 6.61 Å². The summed E-state index contributed by atoms with van der Waals surface area (Å²) in [5, 5.41) is 17.6. The van der Waals surface area contributed by atoms with Crippen LogP contribution in [0, 0.1) is 11.3 Å². The summed E-state index contributed by atoms with van der Waals surface area (Å²) in [6.07, 6.45) is 1.72. The van der Waals surface area contributed by atoms with Gasteiger partial charge in [-0.25, -0.2) is 4.79 Å². The molecule has 5 heteroatoms. The number of hydrogen-bond acceptors (Lipinski definition) is 4. The van der Waals surface area contributed by atoms with Crippen LogP contribution >= 0.6 is 0 Å². The van der Waals surface area contributed by atoms with E-state index in [-0.39, 0.29) is 18.8 Å². The molecule has 1 heterocycles. The van der Waals surface area contributed by atoms with Gasteiger partial charge in [0.15, 0.2) is 0 Å². The summed E-state index contributed by atoms with van der Waals surface area (Å²) in [5.41, 5.74) is 1.82. The van der Waals surface area contributed by atoms with Gasteiger partial charge in [0.05, 0.1) is 17.7 Å². The largest absolute Gasteiger partial charge is 0.480 e. The second kappa shape index (κ2) is 7.21. The molecule has 1 saturated heterocycles. The molecule has 1 aliphatic rings. The van der Waals surface area contributed by atoms with E-state index < -0.39 is 5.97 Å². The minimum Gasteiger partial charge on any atom is -0.480 e. The number of aliphatic carboxylic acids is 1. The lowest BCUT2D eigenvalue weighted by Crippen LogP contribution is -2.39. The highest BCUT2D eigenvalue weighted by Crippen LogP contribution is 2.25. The van der Waals surface area contributed by atoms with E-state index in [0.717, 1.165) is 31.5 Å². The van der Waals surface area contributed by atoms with E-state index >= 15 is 0 Å². The quantitative estimate of drug-likeness (QED) is 0.899. The van der Waals surface area contributed by atoms with Gasteiger partial charge in [-0.2, -0.15) is 5.26 Å². The van der Waals surface area contributed by atoms with Crippen LogP contribution in [-0.4, -0.2) is 41.8 Å². The molecule has 0 amide bonds. The summed E-state index contributed by atoms with van der Waals surface area (Å²) in [4.78, 5) is 12.8. The van der Waals surface area contributed by atoms with Gasteiger partial charge in [-0.05, 0) is 37.5 Å². The molecule has 0 saturated carbocycles. The van der Waals surface area contributed by atoms with Crippen molar-refractivity contribution in [2.45, 2.75) is 31.9 Å². The number of carboxylic acid groups (broad SMARTS) is 1. The SMILES string of the molecule is CC(c1cccc(C#N)c1)N1CCC(OCC(=O)O)CC1. The third kappa shape index (κ3) is 4.28. The molecule has 1 aromatic carbocycles. The third-order valence-corrected chi connectivity index (χ3v) is 3.96. The molecule has 21 heavy (non-hydrogen) atoms. The van der Waals surface area contributed by atoms with E-state index in [1.165, 1.54) is 0 Å². The first-order chi connectivity index (χ1) is 10.1. The Morgan fingerprint density at radius 1 is 1.52 bits per heavy atom. The molecular weight excluding hydrogens is 268 g/mol. The number of likely N-dealkylation sites (tertiary alicyclic amines) is 1. The van der Waals surface area contributed by atoms with Crippen LogP contribution in [0.15, 0.2) is 24.3 Å². The summed E-state index contributed by atoms with van der Waals surface area (Å²) < 4.78 is 5.35. The van der Waals surface area contributed by atoms with Crippen LogP contribution in [0.2, 0.25) is 0 Å². The lowest BCUT2D eigenvalue weighted by Gasteiger charge is -2.36. The first kappa shape index (κ1) is 15.5. The molecule has 0 radical (unpaired) electrons. The average molecular weight is 288 g/mol. The fourth-order valence-electron chi connectivity index (χ4n) is 2.70. The van der Waals surface area contributed by atoms with Crippen LogP contribution in [0.5, 0.6) is 0 Å². The first-order valence-corrected chi connectivity index (χ1v) is 7.17. The summed E-state index contributed by atoms with van der Waals surface area (Å²) in [5.74, 6) is -0.917. The van der Waals surface area contributed by atoms with Gasteiger partial charge in [-0.3, -0.25) is 4.90 Å². The minimum atomic E-state index is -0.917. The standard InChI is InChI=1S/C16H20N2O3/c1-12(14-4-2-3-13(9-14)10-17)18-7-5-15(6-8-18)21-11-16(19)20/h2-4,9,12,15H,5-8,11H2,1H3,(H,19,20). The normalized spacial score (nSPS) is 18.1. The maximum atomic E-state index is 10.5. The van der Waals surface area contributed by atoms with Crippen LogP contribution in [0.4, 0.5) is 0 Å². The molecule has 1 unspecified atom stereocenters. The summed E-state index contributed by atoms with van der Waals surface area (Å²) >= 11 is 0. The highest BCUT2D eigenvalue weighted by atomic mass is 16.5. The Kier molecular flexibility index (Phi) is 5.32. The van der Waals surface area contributed by atoms with Gasteiger partial charge in [-0.1, -0.05) is 12.1 Å². The second-order valence-electron chi connectivity index (χ2n) is 5.35. The number of ether oxygens (including phenoxy) is 1. The zero-order valence-corrected chi connectivity index (χ0v) is 12.2. The third-order valence-electron chi connectivity index (χ3n) is 3.96. The summed E-state index contributed by atoms with van der Waals surface area (Å²) in [6, 6.07) is 10.1. The molecule has 1 atom stereocenters. The second-order valence-corrected chi connectivity index (χ2v) is 5.35. The molecule has 2 rings (SSSR count). The van der Waals surface area contributed by atoms with Gasteiger partial charge >= 0.3 is 5.97 Å². The lowest BCUT2D eigenvalue weighted by atomic mass is 10.0. The van der Waals surface area contributed by atoms with Crippen molar-refractivity contribution in [3.8, 4) is 6.07 Å². The molecule has 0 bridgehead atoms. The van der Waals surface area contributed by atoms with Crippen LogP contribution in [0.1, 0.15) is 36.9 Å². The van der Waals surface area contributed by atoms with Crippen LogP contribution in [0.25, 0.3) is 0 Å². The van der Waals surface area contributed by atoms with E-state index in [2.05, 4.69) is 17.9 Å². The van der Waals surface area contributed by atoms with E-state index in [4.69, 9.17) is 15.1 Å². The number of piperidine rings is 1. The maximum absolute atomic E-state index is 10.5. The summed E-state index contributed by atoms with van der Waals surface area (Å²) in [6.45, 7) is 3.67. The molecule has 0 spiro atoms. The summed E-state index contributed by atoms with van der Waals surface area (Å²) in [7, 11) is 0. The molecular formula is C16H20N2O3. The number of benzene rings is 1. The lowest BCUT2D eigenvalue weighted by molar-refractivity contribution is -0.145. The Morgan fingerprint density at radius 2 is 2.24 bits per heavy atom. The van der Waals surface area contributed by atoms with Crippen molar-refractivity contribution >= 4 is 5.97 Å². The van der Waals surface area contributed by atoms with Gasteiger partial charge in [0.25, 0.3) is 0 Å². The van der Waals surface area contributed by atoms with Crippen LogP contribution in [-0.2, 0) is 9.53 Å². The predicted octanol–water partition coefficient (Wildman–Crippen LogP) is 2.18. The molecule has 0 aliphatic carbocycles. The highest BCUT2D eigenvalue weighted by Gasteiger charge is 2.24. The minimum absolute atomic E-state index is 0.0370. The Hall–Kier alpha value is -1.90. The Balaban J connectivity index is 1.89. The van der Waals surface area contributed by atoms with E-state index in [0.29, 0.717) is 5.56 Å². The topological polar surface area (TPSA) is 73.6 Å². The van der Waals surface area contributed by atoms with Crippen molar-refractivity contribution in [3.63, 3.8) is 0 Å². The molecule has 0 aromatic heterocycles. The number of rotatable bonds is 5. The smallest absolute Gasteiger partial charge is 0.329 e. The van der Waals surface area contributed by atoms with E-state index in [1.807, 2.05) is 24.3 Å². The molecule has 1 fully saturated rings. The van der Waals surface area contributed by atoms with E-state index in [1.54, 1.807) is 0 Å². The Labute approximate surface area is 124 Å². The van der Waals surface area contributed by atoms with Gasteiger partial charge in [-0.15, -0.1) is 0 Å². The van der Waals surface area contributed by atoms with Gasteiger partial charge in [0, 0.05) is 19.1 Å². The van der Waals surface area contributed by atoms with Crippen molar-refractivity contribution in [3.05, 3.63) is 35.4 Å². The molecule has 1 N–H and O–H groups in total. The number of hydrogen-bond donors (Lipinski definition) is 1. The zero-order valence-electron chi connectivity index (χ0n) is 12.2. The Morgan fingerprint density at radius 3 is 2.86 bits per heavy atom. The fraction of sp³-hybridized carbons (Fsp3) is 0.500. The number of carbonyl (C=O) groups is 1. The van der Waals surface area contributed by atoms with Crippen molar-refractivity contribution in [1.29, 1.82) is 5.26 Å². The number of carboxylic acids is 1. The van der Waals surface area contributed by atoms with Gasteiger partial charge < -0.3 is 9.84 Å². The molecule has 1 aliphatic heterocycles. The van der Waals surface area contributed by atoms with Crippen LogP contribution < -0.4 is 0 Å². The zero-order chi connectivity index (χ0) is 15.2. The molecule has 112 valence electrons. The molecule has 1 aromatic rings. The highest BCUT2D eigenvalue weighted by molar-refractivity contribution is 5.68. The Bertz CT molecular complexity index is 531. The average Bonchev–Trinajstić information content (AvgIpc) is 2.52. The first-order valence-electron chi connectivity index (χ1n) is 7.17. The fourth-order valence-corrected chi connectivity index (χ4v) is 2.70. The van der Waals surface area contributed by atoms with Crippen molar-refractivity contribution in [2.24, 2.45) is 0 Å². The predicted molar refractivity (Wildman–Crippen MR) is 77.8 cm³/mol. The van der Waals surface area contributed by atoms with Gasteiger partial charge in [0.2, 0.25) is 0 Å². The van der Waals surface area contributed by atoms with Crippen molar-refractivity contribution < 1.29 is 14.6 Å². The number of nitrogens with zero attached hydrogens (tertiary/aromatic N) is 2. The maximum Gasteiger partial charge on any atom is 0.329 e. The van der Waals surface area contributed by atoms with Crippen molar-refractivity contribution in [2.75, 3.05) is 19.7 Å². The monoisotopic (exact) mass is 288 g/mol. The number of nitriles is 1. The molecule has 5 nitrogen and oxygen atoms in total.